The lowest BCUT2D eigenvalue weighted by Crippen LogP contribution is -2.39. The van der Waals surface area contributed by atoms with Crippen molar-refractivity contribution >= 4 is 5.97 Å². The second-order valence-corrected chi connectivity index (χ2v) is 6.55. The smallest absolute Gasteiger partial charge is 0.317 e. The second kappa shape index (κ2) is 10.8. The van der Waals surface area contributed by atoms with Crippen LogP contribution in [-0.4, -0.2) is 36.6 Å². The van der Waals surface area contributed by atoms with Gasteiger partial charge in [-0.1, -0.05) is 87.9 Å². The van der Waals surface area contributed by atoms with Crippen LogP contribution in [0.25, 0.3) is 0 Å². The average molecular weight is 354 g/mol. The molecule has 0 radical (unpaired) electrons. The van der Waals surface area contributed by atoms with E-state index < -0.39 is 0 Å². The first-order valence-corrected chi connectivity index (χ1v) is 9.71. The minimum Gasteiger partial charge on any atom is -0.463 e. The van der Waals surface area contributed by atoms with Crippen molar-refractivity contribution < 1.29 is 9.53 Å². The molecule has 0 fully saturated rings. The molecule has 0 saturated carbocycles. The fourth-order valence-corrected chi connectivity index (χ4v) is 3.46. The summed E-state index contributed by atoms with van der Waals surface area (Å²) in [6.45, 7) is 8.88. The number of ether oxygens (including phenoxy) is 1. The van der Waals surface area contributed by atoms with Gasteiger partial charge in [0.1, 0.15) is 12.5 Å². The normalized spacial score (nSPS) is 12.3. The van der Waals surface area contributed by atoms with Crippen LogP contribution < -0.4 is 0 Å². The molecule has 0 bridgehead atoms. The quantitative estimate of drug-likeness (QED) is 0.571. The van der Waals surface area contributed by atoms with Gasteiger partial charge in [-0.2, -0.15) is 0 Å². The molecular formula is C23H31NO2. The summed E-state index contributed by atoms with van der Waals surface area (Å²) in [5.74, 6) is -0.549. The zero-order chi connectivity index (χ0) is 18.8. The number of hydrogen-bond acceptors (Lipinski definition) is 3. The van der Waals surface area contributed by atoms with E-state index in [2.05, 4.69) is 25.7 Å². The van der Waals surface area contributed by atoms with Crippen LogP contribution in [0.15, 0.2) is 60.7 Å². The van der Waals surface area contributed by atoms with E-state index in [0.29, 0.717) is 6.61 Å². The van der Waals surface area contributed by atoms with Crippen LogP contribution in [-0.2, 0) is 9.53 Å². The van der Waals surface area contributed by atoms with Crippen LogP contribution in [0.2, 0.25) is 0 Å². The molecule has 0 aliphatic heterocycles. The van der Waals surface area contributed by atoms with Crippen molar-refractivity contribution in [3.05, 3.63) is 71.8 Å². The molecule has 3 nitrogen and oxygen atoms in total. The molecule has 0 N–H and O–H groups in total. The molecule has 2 rings (SSSR count). The van der Waals surface area contributed by atoms with Gasteiger partial charge in [-0.05, 0) is 30.6 Å². The lowest BCUT2D eigenvalue weighted by Gasteiger charge is -2.29. The molecule has 3 heteroatoms. The van der Waals surface area contributed by atoms with Gasteiger partial charge < -0.3 is 4.74 Å². The number of rotatable bonds is 10. The van der Waals surface area contributed by atoms with E-state index in [1.165, 1.54) is 0 Å². The maximum Gasteiger partial charge on any atom is 0.317 e. The topological polar surface area (TPSA) is 29.5 Å². The summed E-state index contributed by atoms with van der Waals surface area (Å²) in [4.78, 5) is 15.4. The summed E-state index contributed by atoms with van der Waals surface area (Å²) in [6.07, 6.45) is 2.12. The van der Waals surface area contributed by atoms with Gasteiger partial charge >= 0.3 is 5.97 Å². The minimum absolute atomic E-state index is 0.171. The van der Waals surface area contributed by atoms with Crippen molar-refractivity contribution in [1.29, 1.82) is 0 Å². The van der Waals surface area contributed by atoms with Gasteiger partial charge in [0, 0.05) is 6.04 Å². The summed E-state index contributed by atoms with van der Waals surface area (Å²) in [7, 11) is 0. The Balaban J connectivity index is 2.16. The van der Waals surface area contributed by atoms with Gasteiger partial charge in [0.05, 0.1) is 0 Å². The third-order valence-electron chi connectivity index (χ3n) is 4.87. The first-order valence-electron chi connectivity index (χ1n) is 9.71. The van der Waals surface area contributed by atoms with E-state index in [0.717, 1.165) is 37.1 Å². The molecule has 0 amide bonds. The maximum atomic E-state index is 13.0. The Morgan fingerprint density at radius 3 is 1.81 bits per heavy atom. The summed E-state index contributed by atoms with van der Waals surface area (Å²) in [6, 6.07) is 20.1. The molecule has 0 saturated heterocycles. The van der Waals surface area contributed by atoms with Crippen molar-refractivity contribution in [2.24, 2.45) is 0 Å². The highest BCUT2D eigenvalue weighted by molar-refractivity contribution is 5.82. The number of carbonyl (C=O) groups is 1. The van der Waals surface area contributed by atoms with E-state index in [-0.39, 0.29) is 17.9 Å². The van der Waals surface area contributed by atoms with Crippen LogP contribution in [0, 0.1) is 0 Å². The summed E-state index contributed by atoms with van der Waals surface area (Å²) < 4.78 is 5.83. The highest BCUT2D eigenvalue weighted by atomic mass is 16.5. The molecule has 140 valence electrons. The van der Waals surface area contributed by atoms with Crippen LogP contribution in [0.4, 0.5) is 0 Å². The van der Waals surface area contributed by atoms with Crippen LogP contribution >= 0.6 is 0 Å². The van der Waals surface area contributed by atoms with E-state index in [1.807, 2.05) is 60.7 Å². The number of carbonyl (C=O) groups excluding carboxylic acids is 1. The predicted molar refractivity (Wildman–Crippen MR) is 107 cm³/mol. The van der Waals surface area contributed by atoms with Crippen molar-refractivity contribution in [2.75, 3.05) is 19.7 Å². The molecule has 0 spiro atoms. The molecule has 1 unspecified atom stereocenters. The van der Waals surface area contributed by atoms with Crippen molar-refractivity contribution in [3.8, 4) is 0 Å². The van der Waals surface area contributed by atoms with E-state index >= 15 is 0 Å². The SMILES string of the molecule is CCCC(COC(=O)C(c1ccccc1)c1ccccc1)N(CC)CC. The molecule has 2 aromatic carbocycles. The number of nitrogens with zero attached hydrogens (tertiary/aromatic N) is 1. The monoisotopic (exact) mass is 353 g/mol. The Kier molecular flexibility index (Phi) is 8.36. The Hall–Kier alpha value is -2.13. The van der Waals surface area contributed by atoms with Crippen molar-refractivity contribution in [1.82, 2.24) is 4.90 Å². The number of hydrogen-bond donors (Lipinski definition) is 0. The molecule has 2 aromatic rings. The summed E-state index contributed by atoms with van der Waals surface area (Å²) in [5.41, 5.74) is 1.94. The highest BCUT2D eigenvalue weighted by Gasteiger charge is 2.26. The third kappa shape index (κ3) is 5.43. The molecule has 0 heterocycles. The zero-order valence-electron chi connectivity index (χ0n) is 16.2. The van der Waals surface area contributed by atoms with Crippen molar-refractivity contribution in [3.63, 3.8) is 0 Å². The average Bonchev–Trinajstić information content (AvgIpc) is 2.69. The second-order valence-electron chi connectivity index (χ2n) is 6.55. The lowest BCUT2D eigenvalue weighted by molar-refractivity contribution is -0.146. The number of benzene rings is 2. The lowest BCUT2D eigenvalue weighted by atomic mass is 9.91. The zero-order valence-corrected chi connectivity index (χ0v) is 16.2. The predicted octanol–water partition coefficient (Wildman–Crippen LogP) is 4.87. The van der Waals surface area contributed by atoms with E-state index in [1.54, 1.807) is 0 Å². The van der Waals surface area contributed by atoms with Gasteiger partial charge in [-0.3, -0.25) is 9.69 Å². The fourth-order valence-electron chi connectivity index (χ4n) is 3.46. The Bertz CT molecular complexity index is 598. The van der Waals surface area contributed by atoms with Crippen molar-refractivity contribution in [2.45, 2.75) is 45.6 Å². The first-order chi connectivity index (χ1) is 12.7. The Morgan fingerprint density at radius 2 is 1.38 bits per heavy atom. The number of esters is 1. The standard InChI is InChI=1S/C23H31NO2/c1-4-13-21(24(5-2)6-3)18-26-23(25)22(19-14-9-7-10-15-19)20-16-11-8-12-17-20/h7-12,14-17,21-22H,4-6,13,18H2,1-3H3. The summed E-state index contributed by atoms with van der Waals surface area (Å²) in [5, 5.41) is 0. The van der Waals surface area contributed by atoms with E-state index in [4.69, 9.17) is 4.74 Å². The molecule has 26 heavy (non-hydrogen) atoms. The van der Waals surface area contributed by atoms with Crippen LogP contribution in [0.1, 0.15) is 50.7 Å². The molecule has 1 atom stereocenters. The van der Waals surface area contributed by atoms with Gasteiger partial charge in [-0.25, -0.2) is 0 Å². The van der Waals surface area contributed by atoms with Crippen LogP contribution in [0.3, 0.4) is 0 Å². The number of likely N-dealkylation sites (N-methyl/N-ethyl adjacent to an activating group) is 1. The first kappa shape index (κ1) is 20.2. The third-order valence-corrected chi connectivity index (χ3v) is 4.87. The Morgan fingerprint density at radius 1 is 0.885 bits per heavy atom. The summed E-state index contributed by atoms with van der Waals surface area (Å²) >= 11 is 0. The maximum absolute atomic E-state index is 13.0. The molecule has 0 aromatic heterocycles. The van der Waals surface area contributed by atoms with Gasteiger partial charge in [-0.15, -0.1) is 0 Å². The Labute approximate surface area is 158 Å². The molecule has 0 aliphatic rings. The molecular weight excluding hydrogens is 322 g/mol. The van der Waals surface area contributed by atoms with Gasteiger partial charge in [0.25, 0.3) is 0 Å². The van der Waals surface area contributed by atoms with Crippen LogP contribution in [0.5, 0.6) is 0 Å². The minimum atomic E-state index is -0.378. The van der Waals surface area contributed by atoms with E-state index in [9.17, 15) is 4.79 Å². The fraction of sp³-hybridized carbons (Fsp3) is 0.435. The van der Waals surface area contributed by atoms with Gasteiger partial charge in [0.15, 0.2) is 0 Å². The van der Waals surface area contributed by atoms with Gasteiger partial charge in [0.2, 0.25) is 0 Å². The highest BCUT2D eigenvalue weighted by Crippen LogP contribution is 2.26. The molecule has 0 aliphatic carbocycles. The largest absolute Gasteiger partial charge is 0.463 e.